The van der Waals surface area contributed by atoms with E-state index in [1.165, 1.54) is 12.8 Å². The fourth-order valence-corrected chi connectivity index (χ4v) is 3.00. The van der Waals surface area contributed by atoms with Crippen LogP contribution in [0.25, 0.3) is 0 Å². The Morgan fingerprint density at radius 1 is 1.40 bits per heavy atom. The summed E-state index contributed by atoms with van der Waals surface area (Å²) >= 11 is 0. The molecule has 20 heavy (non-hydrogen) atoms. The number of amides is 1. The van der Waals surface area contributed by atoms with Gasteiger partial charge in [0.2, 0.25) is 5.91 Å². The third-order valence-corrected chi connectivity index (χ3v) is 4.33. The van der Waals surface area contributed by atoms with E-state index in [-0.39, 0.29) is 11.9 Å². The van der Waals surface area contributed by atoms with E-state index in [2.05, 4.69) is 10.4 Å². The molecule has 0 saturated heterocycles. The molecule has 1 fully saturated rings. The van der Waals surface area contributed by atoms with Gasteiger partial charge in [-0.1, -0.05) is 25.7 Å². The number of nitrogens with zero attached hydrogens (tertiary/aromatic N) is 2. The standard InChI is InChI=1S/C15H26N4O/c1-12(2)19-13(7-10-17-19)18-14(20)15(11-16)8-5-3-4-6-9-15/h7,10,12H,3-6,8-9,11,16H2,1-2H3,(H,18,20). The van der Waals surface area contributed by atoms with Crippen LogP contribution < -0.4 is 11.1 Å². The Labute approximate surface area is 120 Å². The second-order valence-corrected chi connectivity index (χ2v) is 6.11. The first-order chi connectivity index (χ1) is 9.59. The summed E-state index contributed by atoms with van der Waals surface area (Å²) < 4.78 is 1.83. The molecule has 112 valence electrons. The van der Waals surface area contributed by atoms with Gasteiger partial charge in [0.1, 0.15) is 5.82 Å². The molecule has 0 spiro atoms. The molecular formula is C15H26N4O. The molecule has 0 aromatic carbocycles. The number of rotatable bonds is 4. The van der Waals surface area contributed by atoms with Gasteiger partial charge in [0.15, 0.2) is 0 Å². The van der Waals surface area contributed by atoms with Gasteiger partial charge in [-0.2, -0.15) is 5.10 Å². The SMILES string of the molecule is CC(C)n1nccc1NC(=O)C1(CN)CCCCCC1. The van der Waals surface area contributed by atoms with Crippen LogP contribution in [0.2, 0.25) is 0 Å². The van der Waals surface area contributed by atoms with Crippen LogP contribution in [0.3, 0.4) is 0 Å². The first kappa shape index (κ1) is 15.0. The fourth-order valence-electron chi connectivity index (χ4n) is 3.00. The Morgan fingerprint density at radius 3 is 2.60 bits per heavy atom. The van der Waals surface area contributed by atoms with Gasteiger partial charge in [-0.15, -0.1) is 0 Å². The van der Waals surface area contributed by atoms with Crippen molar-refractivity contribution in [2.75, 3.05) is 11.9 Å². The average molecular weight is 278 g/mol. The zero-order valence-corrected chi connectivity index (χ0v) is 12.6. The van der Waals surface area contributed by atoms with Gasteiger partial charge in [-0.3, -0.25) is 4.79 Å². The van der Waals surface area contributed by atoms with E-state index < -0.39 is 5.41 Å². The molecule has 0 unspecified atom stereocenters. The number of anilines is 1. The maximum absolute atomic E-state index is 12.7. The molecule has 1 amide bonds. The number of hydrogen-bond donors (Lipinski definition) is 2. The molecule has 0 atom stereocenters. The average Bonchev–Trinajstić information content (AvgIpc) is 2.75. The molecule has 3 N–H and O–H groups in total. The molecule has 2 rings (SSSR count). The Hall–Kier alpha value is -1.36. The summed E-state index contributed by atoms with van der Waals surface area (Å²) in [6.07, 6.45) is 8.11. The molecule has 1 aromatic heterocycles. The minimum atomic E-state index is -0.400. The minimum absolute atomic E-state index is 0.0595. The van der Waals surface area contributed by atoms with Crippen molar-refractivity contribution in [3.05, 3.63) is 12.3 Å². The van der Waals surface area contributed by atoms with Gasteiger partial charge in [0.05, 0.1) is 11.6 Å². The Kier molecular flexibility index (Phi) is 4.81. The molecule has 1 saturated carbocycles. The van der Waals surface area contributed by atoms with Gasteiger partial charge in [-0.05, 0) is 26.7 Å². The van der Waals surface area contributed by atoms with E-state index in [4.69, 9.17) is 5.73 Å². The van der Waals surface area contributed by atoms with Crippen LogP contribution in [-0.4, -0.2) is 22.2 Å². The first-order valence-corrected chi connectivity index (χ1v) is 7.64. The molecule has 0 radical (unpaired) electrons. The lowest BCUT2D eigenvalue weighted by molar-refractivity contribution is -0.125. The normalized spacial score (nSPS) is 18.8. The number of hydrogen-bond acceptors (Lipinski definition) is 3. The summed E-state index contributed by atoms with van der Waals surface area (Å²) in [5, 5.41) is 7.29. The number of aromatic nitrogens is 2. The summed E-state index contributed by atoms with van der Waals surface area (Å²) in [5.74, 6) is 0.825. The van der Waals surface area contributed by atoms with Gasteiger partial charge < -0.3 is 11.1 Å². The molecule has 5 heteroatoms. The number of carbonyl (C=O) groups excluding carboxylic acids is 1. The molecule has 1 aromatic rings. The Balaban J connectivity index is 2.14. The number of nitrogens with one attached hydrogen (secondary N) is 1. The Morgan fingerprint density at radius 2 is 2.05 bits per heavy atom. The maximum atomic E-state index is 12.7. The van der Waals surface area contributed by atoms with Crippen LogP contribution >= 0.6 is 0 Å². The second kappa shape index (κ2) is 6.39. The summed E-state index contributed by atoms with van der Waals surface area (Å²) in [7, 11) is 0. The summed E-state index contributed by atoms with van der Waals surface area (Å²) in [6.45, 7) is 4.52. The highest BCUT2D eigenvalue weighted by molar-refractivity contribution is 5.94. The third kappa shape index (κ3) is 3.03. The van der Waals surface area contributed by atoms with Crippen LogP contribution in [0.1, 0.15) is 58.4 Å². The van der Waals surface area contributed by atoms with Crippen molar-refractivity contribution in [3.8, 4) is 0 Å². The van der Waals surface area contributed by atoms with Crippen molar-refractivity contribution < 1.29 is 4.79 Å². The number of nitrogens with two attached hydrogens (primary N) is 1. The zero-order valence-electron chi connectivity index (χ0n) is 12.6. The molecule has 0 aliphatic heterocycles. The van der Waals surface area contributed by atoms with E-state index in [0.29, 0.717) is 6.54 Å². The van der Waals surface area contributed by atoms with E-state index in [1.54, 1.807) is 6.20 Å². The Bertz CT molecular complexity index is 444. The third-order valence-electron chi connectivity index (χ3n) is 4.33. The van der Waals surface area contributed by atoms with Crippen molar-refractivity contribution in [2.45, 2.75) is 58.4 Å². The van der Waals surface area contributed by atoms with Crippen molar-refractivity contribution in [3.63, 3.8) is 0 Å². The van der Waals surface area contributed by atoms with E-state index >= 15 is 0 Å². The van der Waals surface area contributed by atoms with Crippen molar-refractivity contribution in [2.24, 2.45) is 11.1 Å². The largest absolute Gasteiger partial charge is 0.329 e. The summed E-state index contributed by atoms with van der Waals surface area (Å²) in [4.78, 5) is 12.7. The van der Waals surface area contributed by atoms with Crippen LogP contribution in [0.4, 0.5) is 5.82 Å². The molecule has 1 aliphatic rings. The van der Waals surface area contributed by atoms with Crippen LogP contribution in [0.5, 0.6) is 0 Å². The predicted molar refractivity (Wildman–Crippen MR) is 80.4 cm³/mol. The first-order valence-electron chi connectivity index (χ1n) is 7.64. The molecular weight excluding hydrogens is 252 g/mol. The van der Waals surface area contributed by atoms with Crippen LogP contribution in [0, 0.1) is 5.41 Å². The number of carbonyl (C=O) groups is 1. The van der Waals surface area contributed by atoms with Crippen molar-refractivity contribution in [1.29, 1.82) is 0 Å². The van der Waals surface area contributed by atoms with Crippen molar-refractivity contribution in [1.82, 2.24) is 9.78 Å². The van der Waals surface area contributed by atoms with E-state index in [0.717, 1.165) is 31.5 Å². The lowest BCUT2D eigenvalue weighted by Gasteiger charge is -2.30. The smallest absolute Gasteiger partial charge is 0.233 e. The summed E-state index contributed by atoms with van der Waals surface area (Å²) in [6, 6.07) is 2.07. The topological polar surface area (TPSA) is 72.9 Å². The van der Waals surface area contributed by atoms with Gasteiger partial charge in [0, 0.05) is 18.7 Å². The molecule has 1 heterocycles. The van der Waals surface area contributed by atoms with Gasteiger partial charge in [-0.25, -0.2) is 4.68 Å². The lowest BCUT2D eigenvalue weighted by atomic mass is 9.79. The van der Waals surface area contributed by atoms with Crippen LogP contribution in [-0.2, 0) is 4.79 Å². The quantitative estimate of drug-likeness (QED) is 0.832. The maximum Gasteiger partial charge on any atom is 0.233 e. The zero-order chi connectivity index (χ0) is 14.6. The summed E-state index contributed by atoms with van der Waals surface area (Å²) in [5.41, 5.74) is 5.55. The highest BCUT2D eigenvalue weighted by Gasteiger charge is 2.37. The van der Waals surface area contributed by atoms with E-state index in [9.17, 15) is 4.79 Å². The molecule has 0 bridgehead atoms. The van der Waals surface area contributed by atoms with Gasteiger partial charge >= 0.3 is 0 Å². The molecule has 1 aliphatic carbocycles. The molecule has 5 nitrogen and oxygen atoms in total. The second-order valence-electron chi connectivity index (χ2n) is 6.11. The van der Waals surface area contributed by atoms with Crippen LogP contribution in [0.15, 0.2) is 12.3 Å². The monoisotopic (exact) mass is 278 g/mol. The minimum Gasteiger partial charge on any atom is -0.329 e. The lowest BCUT2D eigenvalue weighted by Crippen LogP contribution is -2.42. The highest BCUT2D eigenvalue weighted by Crippen LogP contribution is 2.35. The highest BCUT2D eigenvalue weighted by atomic mass is 16.2. The van der Waals surface area contributed by atoms with E-state index in [1.807, 2.05) is 24.6 Å². The van der Waals surface area contributed by atoms with Gasteiger partial charge in [0.25, 0.3) is 0 Å². The predicted octanol–water partition coefficient (Wildman–Crippen LogP) is 2.70. The fraction of sp³-hybridized carbons (Fsp3) is 0.733. The van der Waals surface area contributed by atoms with Crippen molar-refractivity contribution >= 4 is 11.7 Å².